The standard InChI is InChI=1S/C22H22N4OS/c1-15(21(27)24-18-6-4-5-16(13-18)14-23)26-11-9-17(10-12-26)22-25-19-7-2-3-8-20(19)28-22/h2-8,13,15,17H,9-12H2,1H3,(H,24,27)/p+1/t15-/m1/s1. The molecule has 2 heterocycles. The molecule has 1 amide bonds. The van der Waals surface area contributed by atoms with Crippen LogP contribution in [0.15, 0.2) is 48.5 Å². The van der Waals surface area contributed by atoms with Crippen molar-refractivity contribution in [3.8, 4) is 6.07 Å². The van der Waals surface area contributed by atoms with Crippen LogP contribution in [0.3, 0.4) is 0 Å². The molecule has 0 bridgehead atoms. The highest BCUT2D eigenvalue weighted by Crippen LogP contribution is 2.31. The molecular weight excluding hydrogens is 368 g/mol. The van der Waals surface area contributed by atoms with E-state index in [1.165, 1.54) is 14.6 Å². The number of nitriles is 1. The molecule has 0 spiro atoms. The Hall–Kier alpha value is -2.75. The van der Waals surface area contributed by atoms with Crippen molar-refractivity contribution >= 4 is 33.1 Å². The lowest BCUT2D eigenvalue weighted by Gasteiger charge is -2.31. The van der Waals surface area contributed by atoms with E-state index in [1.807, 2.05) is 19.1 Å². The van der Waals surface area contributed by atoms with Gasteiger partial charge in [0.15, 0.2) is 6.04 Å². The zero-order chi connectivity index (χ0) is 19.5. The fourth-order valence-corrected chi connectivity index (χ4v) is 4.97. The van der Waals surface area contributed by atoms with Gasteiger partial charge in [-0.15, -0.1) is 11.3 Å². The smallest absolute Gasteiger partial charge is 0.282 e. The van der Waals surface area contributed by atoms with Gasteiger partial charge < -0.3 is 10.2 Å². The van der Waals surface area contributed by atoms with Crippen molar-refractivity contribution in [1.82, 2.24) is 4.98 Å². The Labute approximate surface area is 168 Å². The van der Waals surface area contributed by atoms with Crippen molar-refractivity contribution in [2.75, 3.05) is 18.4 Å². The largest absolute Gasteiger partial charge is 0.325 e. The second-order valence-corrected chi connectivity index (χ2v) is 8.42. The van der Waals surface area contributed by atoms with Gasteiger partial charge in [0.05, 0.1) is 39.9 Å². The van der Waals surface area contributed by atoms with Crippen molar-refractivity contribution in [2.45, 2.75) is 31.7 Å². The van der Waals surface area contributed by atoms with E-state index in [4.69, 9.17) is 10.2 Å². The molecule has 28 heavy (non-hydrogen) atoms. The number of nitrogens with zero attached hydrogens (tertiary/aromatic N) is 2. The molecule has 1 fully saturated rings. The maximum atomic E-state index is 12.7. The average molecular weight is 392 g/mol. The number of carbonyl (C=O) groups is 1. The van der Waals surface area contributed by atoms with Gasteiger partial charge in [-0.1, -0.05) is 18.2 Å². The van der Waals surface area contributed by atoms with Gasteiger partial charge in [-0.3, -0.25) is 4.79 Å². The molecule has 1 aliphatic rings. The first kappa shape index (κ1) is 18.6. The van der Waals surface area contributed by atoms with Crippen molar-refractivity contribution in [3.05, 3.63) is 59.1 Å². The topological polar surface area (TPSA) is 70.2 Å². The van der Waals surface area contributed by atoms with E-state index in [-0.39, 0.29) is 11.9 Å². The predicted molar refractivity (Wildman–Crippen MR) is 112 cm³/mol. The van der Waals surface area contributed by atoms with Gasteiger partial charge in [-0.2, -0.15) is 5.26 Å². The molecule has 1 aromatic heterocycles. The van der Waals surface area contributed by atoms with E-state index in [1.54, 1.807) is 29.5 Å². The van der Waals surface area contributed by atoms with Crippen molar-refractivity contribution < 1.29 is 9.69 Å². The molecule has 6 heteroatoms. The fraction of sp³-hybridized carbons (Fsp3) is 0.318. The molecule has 3 aromatic rings. The van der Waals surface area contributed by atoms with E-state index in [0.29, 0.717) is 17.2 Å². The third-order valence-corrected chi connectivity index (χ3v) is 6.75. The van der Waals surface area contributed by atoms with Gasteiger partial charge in [-0.25, -0.2) is 4.98 Å². The number of hydrogen-bond acceptors (Lipinski definition) is 4. The zero-order valence-electron chi connectivity index (χ0n) is 15.8. The fourth-order valence-electron chi connectivity index (χ4n) is 3.84. The highest BCUT2D eigenvalue weighted by molar-refractivity contribution is 7.18. The van der Waals surface area contributed by atoms with Crippen molar-refractivity contribution in [1.29, 1.82) is 5.26 Å². The summed E-state index contributed by atoms with van der Waals surface area (Å²) in [6.45, 7) is 3.91. The summed E-state index contributed by atoms with van der Waals surface area (Å²) in [6.07, 6.45) is 2.10. The first-order valence-corrected chi connectivity index (χ1v) is 10.5. The monoisotopic (exact) mass is 391 g/mol. The van der Waals surface area contributed by atoms with E-state index in [2.05, 4.69) is 29.6 Å². The van der Waals surface area contributed by atoms with Gasteiger partial charge in [0, 0.05) is 24.4 Å². The number of quaternary nitrogens is 1. The Balaban J connectivity index is 1.36. The third-order valence-electron chi connectivity index (χ3n) is 5.55. The zero-order valence-corrected chi connectivity index (χ0v) is 16.6. The van der Waals surface area contributed by atoms with E-state index in [9.17, 15) is 4.79 Å². The third kappa shape index (κ3) is 3.91. The Morgan fingerprint density at radius 1 is 1.25 bits per heavy atom. The van der Waals surface area contributed by atoms with Gasteiger partial charge in [0.2, 0.25) is 0 Å². The van der Waals surface area contributed by atoms with Crippen molar-refractivity contribution in [3.63, 3.8) is 0 Å². The molecule has 1 aliphatic heterocycles. The highest BCUT2D eigenvalue weighted by atomic mass is 32.1. The number of para-hydroxylation sites is 1. The molecule has 0 radical (unpaired) electrons. The molecule has 2 N–H and O–H groups in total. The summed E-state index contributed by atoms with van der Waals surface area (Å²) in [6, 6.07) is 17.3. The minimum Gasteiger partial charge on any atom is -0.325 e. The molecule has 1 saturated heterocycles. The molecule has 0 aliphatic carbocycles. The lowest BCUT2D eigenvalue weighted by Crippen LogP contribution is -3.17. The van der Waals surface area contributed by atoms with E-state index < -0.39 is 0 Å². The molecular formula is C22H23N4OS+. The van der Waals surface area contributed by atoms with Gasteiger partial charge in [0.1, 0.15) is 0 Å². The highest BCUT2D eigenvalue weighted by Gasteiger charge is 2.31. The number of aromatic nitrogens is 1. The number of nitrogens with one attached hydrogen (secondary N) is 2. The summed E-state index contributed by atoms with van der Waals surface area (Å²) >= 11 is 1.80. The Bertz CT molecular complexity index is 997. The second-order valence-electron chi connectivity index (χ2n) is 7.36. The van der Waals surface area contributed by atoms with Gasteiger partial charge >= 0.3 is 0 Å². The minimum absolute atomic E-state index is 0.00327. The van der Waals surface area contributed by atoms with Crippen LogP contribution in [0.25, 0.3) is 10.2 Å². The van der Waals surface area contributed by atoms with E-state index >= 15 is 0 Å². The molecule has 1 atom stereocenters. The molecule has 142 valence electrons. The van der Waals surface area contributed by atoms with Crippen LogP contribution in [-0.2, 0) is 4.79 Å². The number of rotatable bonds is 4. The number of benzene rings is 2. The van der Waals surface area contributed by atoms with E-state index in [0.717, 1.165) is 31.4 Å². The van der Waals surface area contributed by atoms with Crippen LogP contribution in [0.5, 0.6) is 0 Å². The number of thiazole rings is 1. The second kappa shape index (κ2) is 8.09. The van der Waals surface area contributed by atoms with Crippen LogP contribution in [0.1, 0.15) is 36.3 Å². The van der Waals surface area contributed by atoms with Crippen LogP contribution in [-0.4, -0.2) is 30.0 Å². The van der Waals surface area contributed by atoms with Crippen LogP contribution >= 0.6 is 11.3 Å². The predicted octanol–water partition coefficient (Wildman–Crippen LogP) is 2.96. The number of likely N-dealkylation sites (tertiary alicyclic amines) is 1. The van der Waals surface area contributed by atoms with Gasteiger partial charge in [-0.05, 0) is 37.3 Å². The quantitative estimate of drug-likeness (QED) is 0.718. The molecule has 2 aromatic carbocycles. The number of fused-ring (bicyclic) bond motifs is 1. The Morgan fingerprint density at radius 2 is 2.04 bits per heavy atom. The summed E-state index contributed by atoms with van der Waals surface area (Å²) in [5, 5.41) is 13.2. The summed E-state index contributed by atoms with van der Waals surface area (Å²) in [4.78, 5) is 18.8. The molecule has 0 unspecified atom stereocenters. The minimum atomic E-state index is -0.123. The van der Waals surface area contributed by atoms with Crippen LogP contribution < -0.4 is 10.2 Å². The first-order chi connectivity index (χ1) is 13.6. The maximum absolute atomic E-state index is 12.7. The summed E-state index contributed by atoms with van der Waals surface area (Å²) in [5.74, 6) is 0.493. The summed E-state index contributed by atoms with van der Waals surface area (Å²) in [7, 11) is 0. The lowest BCUT2D eigenvalue weighted by molar-refractivity contribution is -0.919. The lowest BCUT2D eigenvalue weighted by atomic mass is 9.96. The molecule has 4 rings (SSSR count). The summed E-state index contributed by atoms with van der Waals surface area (Å²) in [5.41, 5.74) is 2.32. The summed E-state index contributed by atoms with van der Waals surface area (Å²) < 4.78 is 1.25. The normalized spacial score (nSPS) is 20.4. The number of hydrogen-bond donors (Lipinski definition) is 2. The first-order valence-electron chi connectivity index (χ1n) is 9.65. The SMILES string of the molecule is C[C@H](C(=O)Nc1cccc(C#N)c1)[NH+]1CCC(c2nc3ccccc3s2)CC1. The maximum Gasteiger partial charge on any atom is 0.282 e. The molecule has 5 nitrogen and oxygen atoms in total. The number of piperidine rings is 1. The number of anilines is 1. The van der Waals surface area contributed by atoms with Crippen molar-refractivity contribution in [2.24, 2.45) is 0 Å². The van der Waals surface area contributed by atoms with Crippen LogP contribution in [0.4, 0.5) is 5.69 Å². The van der Waals surface area contributed by atoms with Crippen LogP contribution in [0, 0.1) is 11.3 Å². The average Bonchev–Trinajstić information content (AvgIpc) is 3.17. The molecule has 0 saturated carbocycles. The van der Waals surface area contributed by atoms with Gasteiger partial charge in [0.25, 0.3) is 5.91 Å². The van der Waals surface area contributed by atoms with Crippen LogP contribution in [0.2, 0.25) is 0 Å². The Morgan fingerprint density at radius 3 is 2.79 bits per heavy atom. The number of amides is 1. The number of carbonyl (C=O) groups excluding carboxylic acids is 1. The Kier molecular flexibility index (Phi) is 5.38.